The second-order valence-electron chi connectivity index (χ2n) is 7.30. The van der Waals surface area contributed by atoms with Gasteiger partial charge in [0.2, 0.25) is 11.0 Å². The number of thiazole rings is 1. The maximum Gasteiger partial charge on any atom is 0.282 e. The van der Waals surface area contributed by atoms with Gasteiger partial charge in [0.05, 0.1) is 18.8 Å². The van der Waals surface area contributed by atoms with Gasteiger partial charge in [-0.15, -0.1) is 0 Å². The maximum absolute atomic E-state index is 11.2. The Kier molecular flexibility index (Phi) is 7.52. The zero-order valence-corrected chi connectivity index (χ0v) is 19.3. The largest absolute Gasteiger partial charge is 0.493 e. The van der Waals surface area contributed by atoms with E-state index < -0.39 is 0 Å². The summed E-state index contributed by atoms with van der Waals surface area (Å²) in [7, 11) is 0. The molecule has 1 unspecified atom stereocenters. The van der Waals surface area contributed by atoms with Crippen molar-refractivity contribution < 1.29 is 19.0 Å². The monoisotopic (exact) mass is 440 g/mol. The first-order valence-electron chi connectivity index (χ1n) is 10.3. The summed E-state index contributed by atoms with van der Waals surface area (Å²) in [4.78, 5) is 15.5. The molecule has 0 saturated carbocycles. The van der Waals surface area contributed by atoms with Crippen LogP contribution >= 0.6 is 11.3 Å². The molecule has 0 fully saturated rings. The number of amides is 1. The van der Waals surface area contributed by atoms with Crippen molar-refractivity contribution in [3.63, 3.8) is 0 Å². The van der Waals surface area contributed by atoms with Gasteiger partial charge in [-0.2, -0.15) is 0 Å². The molecule has 1 atom stereocenters. The lowest BCUT2D eigenvalue weighted by Gasteiger charge is -2.13. The molecule has 3 rings (SSSR count). The van der Waals surface area contributed by atoms with Crippen molar-refractivity contribution in [2.75, 3.05) is 6.61 Å². The van der Waals surface area contributed by atoms with Gasteiger partial charge in [-0.25, -0.2) is 4.98 Å². The molecule has 1 N–H and O–H groups in total. The highest BCUT2D eigenvalue weighted by Gasteiger charge is 2.13. The van der Waals surface area contributed by atoms with Gasteiger partial charge < -0.3 is 19.5 Å². The summed E-state index contributed by atoms with van der Waals surface area (Å²) in [5.41, 5.74) is 3.09. The minimum Gasteiger partial charge on any atom is -0.493 e. The number of nitrogens with one attached hydrogen (secondary N) is 1. The van der Waals surface area contributed by atoms with Crippen molar-refractivity contribution >= 4 is 17.2 Å². The highest BCUT2D eigenvalue weighted by Crippen LogP contribution is 2.37. The van der Waals surface area contributed by atoms with Crippen molar-refractivity contribution in [1.29, 1.82) is 0 Å². The second-order valence-corrected chi connectivity index (χ2v) is 8.26. The average Bonchev–Trinajstić information content (AvgIpc) is 3.17. The van der Waals surface area contributed by atoms with Crippen LogP contribution in [0.15, 0.2) is 42.6 Å². The van der Waals surface area contributed by atoms with Crippen molar-refractivity contribution in [3.05, 3.63) is 59.3 Å². The van der Waals surface area contributed by atoms with Crippen molar-refractivity contribution in [3.8, 4) is 27.5 Å². The molecule has 6 nitrogen and oxygen atoms in total. The zero-order chi connectivity index (χ0) is 22.4. The molecule has 0 aliphatic heterocycles. The Balaban J connectivity index is 1.64. The van der Waals surface area contributed by atoms with E-state index in [0.717, 1.165) is 34.6 Å². The molecule has 0 aliphatic rings. The Morgan fingerprint density at radius 3 is 2.42 bits per heavy atom. The van der Waals surface area contributed by atoms with Crippen LogP contribution in [0.5, 0.6) is 27.5 Å². The number of hydrogen-bond donors (Lipinski definition) is 1. The molecule has 0 saturated heterocycles. The van der Waals surface area contributed by atoms with Crippen LogP contribution < -0.4 is 19.5 Å². The van der Waals surface area contributed by atoms with Crippen molar-refractivity contribution in [1.82, 2.24) is 10.3 Å². The summed E-state index contributed by atoms with van der Waals surface area (Å²) in [6.07, 6.45) is 2.62. The van der Waals surface area contributed by atoms with Crippen LogP contribution in [0.1, 0.15) is 49.9 Å². The molecule has 31 heavy (non-hydrogen) atoms. The molecular formula is C24H28N2O4S. The minimum absolute atomic E-state index is 0.0552. The van der Waals surface area contributed by atoms with Crippen LogP contribution in [-0.2, 0) is 4.79 Å². The van der Waals surface area contributed by atoms with E-state index in [9.17, 15) is 4.79 Å². The second kappa shape index (κ2) is 10.3. The molecule has 0 radical (unpaired) electrons. The highest BCUT2D eigenvalue weighted by atomic mass is 32.1. The van der Waals surface area contributed by atoms with Crippen molar-refractivity contribution in [2.24, 2.45) is 0 Å². The summed E-state index contributed by atoms with van der Waals surface area (Å²) in [5, 5.41) is 4.01. The fourth-order valence-electron chi connectivity index (χ4n) is 3.01. The number of benzene rings is 2. The van der Waals surface area contributed by atoms with Crippen LogP contribution in [0.25, 0.3) is 0 Å². The molecule has 0 aliphatic carbocycles. The average molecular weight is 441 g/mol. The number of carbonyl (C=O) groups is 1. The summed E-state index contributed by atoms with van der Waals surface area (Å²) in [6.45, 7) is 10.3. The van der Waals surface area contributed by atoms with Crippen molar-refractivity contribution in [2.45, 2.75) is 47.1 Å². The molecule has 2 aromatic carbocycles. The highest BCUT2D eigenvalue weighted by molar-refractivity contribution is 7.15. The lowest BCUT2D eigenvalue weighted by molar-refractivity contribution is -0.119. The predicted octanol–water partition coefficient (Wildman–Crippen LogP) is 6.33. The maximum atomic E-state index is 11.2. The fraction of sp³-hybridized carbons (Fsp3) is 0.333. The van der Waals surface area contributed by atoms with Gasteiger partial charge in [0.1, 0.15) is 17.2 Å². The summed E-state index contributed by atoms with van der Waals surface area (Å²) in [6, 6.07) is 11.4. The molecule has 0 bridgehead atoms. The topological polar surface area (TPSA) is 69.7 Å². The van der Waals surface area contributed by atoms with Gasteiger partial charge in [0, 0.05) is 6.92 Å². The molecule has 1 aromatic heterocycles. The molecule has 164 valence electrons. The first-order chi connectivity index (χ1) is 14.9. The Hall–Kier alpha value is -3.06. The van der Waals surface area contributed by atoms with Gasteiger partial charge in [0.15, 0.2) is 0 Å². The number of hydrogen-bond acceptors (Lipinski definition) is 6. The van der Waals surface area contributed by atoms with Crippen LogP contribution in [0.2, 0.25) is 0 Å². The van der Waals surface area contributed by atoms with E-state index in [1.807, 2.05) is 57.2 Å². The lowest BCUT2D eigenvalue weighted by atomic mass is 10.1. The summed E-state index contributed by atoms with van der Waals surface area (Å²) >= 11 is 1.33. The first kappa shape index (κ1) is 22.6. The van der Waals surface area contributed by atoms with Gasteiger partial charge in [-0.1, -0.05) is 19.1 Å². The van der Waals surface area contributed by atoms with E-state index in [-0.39, 0.29) is 11.9 Å². The molecule has 1 amide bonds. The summed E-state index contributed by atoms with van der Waals surface area (Å²) < 4.78 is 17.7. The van der Waals surface area contributed by atoms with E-state index in [1.165, 1.54) is 18.3 Å². The van der Waals surface area contributed by atoms with Crippen LogP contribution in [0.3, 0.4) is 0 Å². The Labute approximate surface area is 187 Å². The van der Waals surface area contributed by atoms with E-state index in [0.29, 0.717) is 22.6 Å². The van der Waals surface area contributed by atoms with Gasteiger partial charge in [-0.3, -0.25) is 4.79 Å². The third-order valence-electron chi connectivity index (χ3n) is 4.83. The number of rotatable bonds is 9. The SMILES string of the molecule is CCCOc1ccc(Oc2ncc(Oc3ccc(C(C)NC(C)=O)cc3)s2)c(C)c1C. The van der Waals surface area contributed by atoms with Crippen LogP contribution in [0, 0.1) is 13.8 Å². The third kappa shape index (κ3) is 5.98. The van der Waals surface area contributed by atoms with Gasteiger partial charge in [-0.05, 0) is 79.5 Å². The third-order valence-corrected chi connectivity index (χ3v) is 5.58. The fourth-order valence-corrected chi connectivity index (χ4v) is 3.66. The summed E-state index contributed by atoms with van der Waals surface area (Å²) in [5.74, 6) is 2.27. The number of nitrogens with zero attached hydrogens (tertiary/aromatic N) is 1. The van der Waals surface area contributed by atoms with E-state index in [4.69, 9.17) is 14.2 Å². The lowest BCUT2D eigenvalue weighted by Crippen LogP contribution is -2.23. The van der Waals surface area contributed by atoms with E-state index >= 15 is 0 Å². The quantitative estimate of drug-likeness (QED) is 0.421. The number of aromatic nitrogens is 1. The van der Waals surface area contributed by atoms with Gasteiger partial charge >= 0.3 is 0 Å². The molecule has 3 aromatic rings. The van der Waals surface area contributed by atoms with Crippen LogP contribution in [0.4, 0.5) is 0 Å². The van der Waals surface area contributed by atoms with E-state index in [1.54, 1.807) is 6.20 Å². The number of carbonyl (C=O) groups excluding carboxylic acids is 1. The molecule has 0 spiro atoms. The standard InChI is InChI=1S/C24H28N2O4S/c1-6-13-28-21-11-12-22(16(3)15(21)2)30-24-25-14-23(31-24)29-20-9-7-19(8-10-20)17(4)26-18(5)27/h7-12,14,17H,6,13H2,1-5H3,(H,26,27). The zero-order valence-electron chi connectivity index (χ0n) is 18.5. The normalized spacial score (nSPS) is 11.6. The first-order valence-corrected chi connectivity index (χ1v) is 11.1. The minimum atomic E-state index is -0.0569. The molecular weight excluding hydrogens is 412 g/mol. The number of ether oxygens (including phenoxy) is 3. The van der Waals surface area contributed by atoms with Crippen LogP contribution in [-0.4, -0.2) is 17.5 Å². The Morgan fingerprint density at radius 1 is 1.06 bits per heavy atom. The smallest absolute Gasteiger partial charge is 0.282 e. The Bertz CT molecular complexity index is 1030. The predicted molar refractivity (Wildman–Crippen MR) is 123 cm³/mol. The molecule has 7 heteroatoms. The van der Waals surface area contributed by atoms with Gasteiger partial charge in [0.25, 0.3) is 5.19 Å². The van der Waals surface area contributed by atoms with E-state index in [2.05, 4.69) is 17.2 Å². The Morgan fingerprint density at radius 2 is 1.74 bits per heavy atom. The molecule has 1 heterocycles.